The average Bonchev–Trinajstić information content (AvgIpc) is 2.92. The van der Waals surface area contributed by atoms with Gasteiger partial charge in [-0.1, -0.05) is 30.3 Å². The largest absolute Gasteiger partial charge is 0.389 e. The molecule has 0 aliphatic carbocycles. The normalized spacial score (nSPS) is 28.2. The van der Waals surface area contributed by atoms with E-state index < -0.39 is 11.2 Å². The van der Waals surface area contributed by atoms with E-state index in [0.717, 1.165) is 6.54 Å². The fourth-order valence-electron chi connectivity index (χ4n) is 2.85. The first-order chi connectivity index (χ1) is 8.21. The fourth-order valence-corrected chi connectivity index (χ4v) is 2.85. The Hall–Kier alpha value is -0.900. The van der Waals surface area contributed by atoms with Crippen molar-refractivity contribution in [2.24, 2.45) is 0 Å². The van der Waals surface area contributed by atoms with Gasteiger partial charge in [-0.05, 0) is 33.3 Å². The topological polar surface area (TPSA) is 43.5 Å². The van der Waals surface area contributed by atoms with E-state index >= 15 is 0 Å². The van der Waals surface area contributed by atoms with E-state index in [-0.39, 0.29) is 12.1 Å². The highest BCUT2D eigenvalue weighted by Gasteiger charge is 2.60. The molecular weight excluding hydrogens is 226 g/mol. The van der Waals surface area contributed by atoms with Crippen LogP contribution in [0, 0.1) is 0 Å². The molecule has 2 rings (SSSR count). The zero-order chi connectivity index (χ0) is 13.6. The Morgan fingerprint density at radius 3 is 1.78 bits per heavy atom. The number of rotatable bonds is 4. The summed E-state index contributed by atoms with van der Waals surface area (Å²) in [5.41, 5.74) is -0.377. The van der Waals surface area contributed by atoms with Gasteiger partial charge in [0.25, 0.3) is 0 Å². The third-order valence-corrected chi connectivity index (χ3v) is 3.58. The first-order valence-corrected chi connectivity index (χ1v) is 6.45. The summed E-state index contributed by atoms with van der Waals surface area (Å²) < 4.78 is 0. The van der Waals surface area contributed by atoms with Crippen LogP contribution in [0.5, 0.6) is 0 Å². The molecule has 0 aromatic heterocycles. The van der Waals surface area contributed by atoms with Crippen molar-refractivity contribution in [3.63, 3.8) is 0 Å². The van der Waals surface area contributed by atoms with E-state index in [9.17, 15) is 10.2 Å². The molecule has 0 saturated carbocycles. The van der Waals surface area contributed by atoms with Crippen molar-refractivity contribution in [1.82, 2.24) is 4.90 Å². The second-order valence-corrected chi connectivity index (χ2v) is 6.35. The number of nitrogens with zero attached hydrogens (tertiary/aromatic N) is 1. The smallest absolute Gasteiger partial charge is 0.0762 e. The predicted molar refractivity (Wildman–Crippen MR) is 72.2 cm³/mol. The summed E-state index contributed by atoms with van der Waals surface area (Å²) in [5, 5.41) is 20.4. The summed E-state index contributed by atoms with van der Waals surface area (Å²) in [7, 11) is 0. The van der Waals surface area contributed by atoms with Crippen molar-refractivity contribution in [2.45, 2.75) is 57.5 Å². The van der Waals surface area contributed by atoms with Crippen LogP contribution in [0.3, 0.4) is 0 Å². The first-order valence-electron chi connectivity index (χ1n) is 6.45. The van der Waals surface area contributed by atoms with E-state index in [2.05, 4.69) is 17.0 Å². The maximum absolute atomic E-state index is 10.2. The predicted octanol–water partition coefficient (Wildman–Crippen LogP) is 1.78. The molecule has 18 heavy (non-hydrogen) atoms. The minimum atomic E-state index is -0.792. The SMILES string of the molecule is CC(C)(O)[C@@H]1[C@@H](C(C)(C)O)N1Cc1ccccc1. The average molecular weight is 249 g/mol. The molecule has 2 N–H and O–H groups in total. The number of hydrogen-bond donors (Lipinski definition) is 2. The van der Waals surface area contributed by atoms with Gasteiger partial charge in [-0.15, -0.1) is 0 Å². The summed E-state index contributed by atoms with van der Waals surface area (Å²) in [4.78, 5) is 2.16. The molecule has 0 unspecified atom stereocenters. The molecule has 1 aromatic rings. The molecule has 1 aromatic carbocycles. The molecule has 0 radical (unpaired) electrons. The molecule has 3 nitrogen and oxygen atoms in total. The number of hydrogen-bond acceptors (Lipinski definition) is 3. The lowest BCUT2D eigenvalue weighted by atomic mass is 9.94. The van der Waals surface area contributed by atoms with Gasteiger partial charge in [0.2, 0.25) is 0 Å². The van der Waals surface area contributed by atoms with Crippen LogP contribution in [-0.2, 0) is 6.54 Å². The molecule has 1 fully saturated rings. The zero-order valence-electron chi connectivity index (χ0n) is 11.6. The molecule has 2 atom stereocenters. The van der Waals surface area contributed by atoms with Gasteiger partial charge in [-0.25, -0.2) is 0 Å². The van der Waals surface area contributed by atoms with E-state index in [1.54, 1.807) is 27.7 Å². The maximum atomic E-state index is 10.2. The Labute approximate surface area is 109 Å². The van der Waals surface area contributed by atoms with Crippen LogP contribution in [0.1, 0.15) is 33.3 Å². The molecular formula is C15H23NO2. The van der Waals surface area contributed by atoms with E-state index in [1.807, 2.05) is 18.2 Å². The van der Waals surface area contributed by atoms with Gasteiger partial charge < -0.3 is 10.2 Å². The fraction of sp³-hybridized carbons (Fsp3) is 0.600. The van der Waals surface area contributed by atoms with Crippen LogP contribution in [0.4, 0.5) is 0 Å². The van der Waals surface area contributed by atoms with Crippen molar-refractivity contribution in [2.75, 3.05) is 0 Å². The summed E-state index contributed by atoms with van der Waals surface area (Å²) >= 11 is 0. The Morgan fingerprint density at radius 1 is 0.944 bits per heavy atom. The molecule has 0 bridgehead atoms. The summed E-state index contributed by atoms with van der Waals surface area (Å²) in [6.45, 7) is 8.00. The van der Waals surface area contributed by atoms with Gasteiger partial charge in [0.1, 0.15) is 0 Å². The van der Waals surface area contributed by atoms with Crippen molar-refractivity contribution >= 4 is 0 Å². The first kappa shape index (κ1) is 13.5. The molecule has 1 heterocycles. The highest BCUT2D eigenvalue weighted by Crippen LogP contribution is 2.43. The minimum Gasteiger partial charge on any atom is -0.389 e. The van der Waals surface area contributed by atoms with Gasteiger partial charge in [0.15, 0.2) is 0 Å². The van der Waals surface area contributed by atoms with Gasteiger partial charge in [-0.3, -0.25) is 4.90 Å². The van der Waals surface area contributed by atoms with Gasteiger partial charge >= 0.3 is 0 Å². The molecule has 1 aliphatic heterocycles. The third kappa shape index (κ3) is 2.74. The molecule has 0 spiro atoms. The lowest BCUT2D eigenvalue weighted by molar-refractivity contribution is 0.0443. The minimum absolute atomic E-state index is 0.0118. The van der Waals surface area contributed by atoms with E-state index in [1.165, 1.54) is 5.56 Å². The Morgan fingerprint density at radius 2 is 1.39 bits per heavy atom. The Kier molecular flexibility index (Phi) is 3.26. The van der Waals surface area contributed by atoms with Crippen LogP contribution in [0.25, 0.3) is 0 Å². The van der Waals surface area contributed by atoms with Crippen LogP contribution in [0.15, 0.2) is 30.3 Å². The van der Waals surface area contributed by atoms with Crippen molar-refractivity contribution < 1.29 is 10.2 Å². The molecule has 0 amide bonds. The lowest BCUT2D eigenvalue weighted by Crippen LogP contribution is -2.36. The van der Waals surface area contributed by atoms with Crippen LogP contribution in [0.2, 0.25) is 0 Å². The summed E-state index contributed by atoms with van der Waals surface area (Å²) in [6.07, 6.45) is 0. The molecule has 100 valence electrons. The standard InChI is InChI=1S/C15H23NO2/c1-14(2,17)12-13(15(3,4)18)16(12)10-11-8-6-5-7-9-11/h5-9,12-13,17-18H,10H2,1-4H3/t12-,13-/m0/s1. The number of benzene rings is 1. The molecule has 3 heteroatoms. The van der Waals surface area contributed by atoms with Crippen LogP contribution >= 0.6 is 0 Å². The van der Waals surface area contributed by atoms with Crippen LogP contribution < -0.4 is 0 Å². The molecule has 1 saturated heterocycles. The van der Waals surface area contributed by atoms with Crippen molar-refractivity contribution in [3.05, 3.63) is 35.9 Å². The second kappa shape index (κ2) is 4.34. The Bertz CT molecular complexity index is 383. The lowest BCUT2D eigenvalue weighted by Gasteiger charge is -2.20. The third-order valence-electron chi connectivity index (χ3n) is 3.58. The van der Waals surface area contributed by atoms with Crippen molar-refractivity contribution in [1.29, 1.82) is 0 Å². The van der Waals surface area contributed by atoms with Crippen LogP contribution in [-0.4, -0.2) is 38.4 Å². The quantitative estimate of drug-likeness (QED) is 0.799. The van der Waals surface area contributed by atoms with E-state index in [0.29, 0.717) is 0 Å². The van der Waals surface area contributed by atoms with Gasteiger partial charge in [0.05, 0.1) is 23.3 Å². The van der Waals surface area contributed by atoms with Gasteiger partial charge in [-0.2, -0.15) is 0 Å². The second-order valence-electron chi connectivity index (χ2n) is 6.35. The zero-order valence-corrected chi connectivity index (χ0v) is 11.6. The Balaban J connectivity index is 2.13. The van der Waals surface area contributed by atoms with E-state index in [4.69, 9.17) is 0 Å². The highest BCUT2D eigenvalue weighted by atomic mass is 16.3. The van der Waals surface area contributed by atoms with Crippen molar-refractivity contribution in [3.8, 4) is 0 Å². The summed E-state index contributed by atoms with van der Waals surface area (Å²) in [5.74, 6) is 0. The monoisotopic (exact) mass is 249 g/mol. The van der Waals surface area contributed by atoms with Gasteiger partial charge in [0, 0.05) is 6.54 Å². The highest BCUT2D eigenvalue weighted by molar-refractivity contribution is 5.21. The summed E-state index contributed by atoms with van der Waals surface area (Å²) in [6, 6.07) is 10.2. The molecule has 1 aliphatic rings. The number of aliphatic hydroxyl groups is 2. The maximum Gasteiger partial charge on any atom is 0.0762 e.